The summed E-state index contributed by atoms with van der Waals surface area (Å²) in [6, 6.07) is 0. The van der Waals surface area contributed by atoms with Crippen LogP contribution in [0, 0.1) is 5.41 Å². The van der Waals surface area contributed by atoms with Crippen LogP contribution >= 0.6 is 0 Å². The summed E-state index contributed by atoms with van der Waals surface area (Å²) in [4.78, 5) is 3.96. The van der Waals surface area contributed by atoms with E-state index in [1.54, 1.807) is 15.2 Å². The number of rotatable bonds is 3. The van der Waals surface area contributed by atoms with Crippen LogP contribution in [0.3, 0.4) is 0 Å². The van der Waals surface area contributed by atoms with Crippen LogP contribution in [0.5, 0.6) is 0 Å². The molecule has 2 aliphatic rings. The quantitative estimate of drug-likeness (QED) is 0.820. The SMILES string of the molecule is CCn1cncc1S(=O)(=O)N1CCOCC2(CC2)C1. The molecule has 3 rings (SSSR count). The molecule has 1 spiro atoms. The average molecular weight is 285 g/mol. The number of hydrogen-bond donors (Lipinski definition) is 0. The molecule has 0 aromatic carbocycles. The molecule has 0 radical (unpaired) electrons. The Morgan fingerprint density at radius 3 is 2.95 bits per heavy atom. The fraction of sp³-hybridized carbons (Fsp3) is 0.750. The minimum Gasteiger partial charge on any atom is -0.379 e. The molecule has 2 fully saturated rings. The molecule has 0 N–H and O–H groups in total. The molecule has 106 valence electrons. The minimum atomic E-state index is -3.46. The Hall–Kier alpha value is -0.920. The van der Waals surface area contributed by atoms with E-state index in [4.69, 9.17) is 4.74 Å². The third-order valence-electron chi connectivity index (χ3n) is 3.98. The molecule has 7 heteroatoms. The molecule has 0 amide bonds. The molecule has 1 aliphatic carbocycles. The van der Waals surface area contributed by atoms with Gasteiger partial charge in [0.2, 0.25) is 0 Å². The van der Waals surface area contributed by atoms with E-state index in [0.717, 1.165) is 12.8 Å². The Morgan fingerprint density at radius 2 is 2.26 bits per heavy atom. The highest BCUT2D eigenvalue weighted by molar-refractivity contribution is 7.89. The van der Waals surface area contributed by atoms with Gasteiger partial charge in [-0.15, -0.1) is 0 Å². The van der Waals surface area contributed by atoms with Gasteiger partial charge in [-0.2, -0.15) is 4.31 Å². The van der Waals surface area contributed by atoms with Crippen LogP contribution in [-0.2, 0) is 21.3 Å². The second-order valence-electron chi connectivity index (χ2n) is 5.41. The number of hydrogen-bond acceptors (Lipinski definition) is 4. The van der Waals surface area contributed by atoms with Gasteiger partial charge in [0.15, 0.2) is 5.03 Å². The standard InChI is InChI=1S/C12H19N3O3S/c1-2-14-10-13-7-11(14)19(16,17)15-5-6-18-9-12(8-15)3-4-12/h7,10H,2-6,8-9H2,1H3. The van der Waals surface area contributed by atoms with E-state index >= 15 is 0 Å². The second kappa shape index (κ2) is 4.57. The lowest BCUT2D eigenvalue weighted by Gasteiger charge is -2.22. The molecule has 19 heavy (non-hydrogen) atoms. The van der Waals surface area contributed by atoms with Crippen LogP contribution in [0.15, 0.2) is 17.6 Å². The fourth-order valence-corrected chi connectivity index (χ4v) is 4.22. The normalized spacial score (nSPS) is 23.4. The zero-order chi connectivity index (χ0) is 13.5. The van der Waals surface area contributed by atoms with Crippen LogP contribution in [0.4, 0.5) is 0 Å². The maximum atomic E-state index is 12.7. The molecule has 1 aromatic heterocycles. The third kappa shape index (κ3) is 2.30. The number of aromatic nitrogens is 2. The highest BCUT2D eigenvalue weighted by Crippen LogP contribution is 2.47. The molecule has 6 nitrogen and oxygen atoms in total. The van der Waals surface area contributed by atoms with Crippen LogP contribution < -0.4 is 0 Å². The Bertz CT molecular complexity index is 563. The van der Waals surface area contributed by atoms with Gasteiger partial charge < -0.3 is 9.30 Å². The molecule has 0 unspecified atom stereocenters. The predicted molar refractivity (Wildman–Crippen MR) is 69.1 cm³/mol. The summed E-state index contributed by atoms with van der Waals surface area (Å²) in [5.74, 6) is 0. The number of nitrogens with zero attached hydrogens (tertiary/aromatic N) is 3. The summed E-state index contributed by atoms with van der Waals surface area (Å²) in [5, 5.41) is 0.285. The third-order valence-corrected chi connectivity index (χ3v) is 5.84. The van der Waals surface area contributed by atoms with Crippen molar-refractivity contribution in [3.05, 3.63) is 12.5 Å². The Balaban J connectivity index is 1.91. The summed E-state index contributed by atoms with van der Waals surface area (Å²) in [6.07, 6.45) is 5.12. The van der Waals surface area contributed by atoms with Crippen molar-refractivity contribution in [1.29, 1.82) is 0 Å². The van der Waals surface area contributed by atoms with Crippen LogP contribution in [-0.4, -0.2) is 48.6 Å². The first kappa shape index (κ1) is 13.1. The molecule has 0 atom stereocenters. The summed E-state index contributed by atoms with van der Waals surface area (Å²) < 4.78 is 34.2. The monoisotopic (exact) mass is 285 g/mol. The van der Waals surface area contributed by atoms with Crippen molar-refractivity contribution in [1.82, 2.24) is 13.9 Å². The van der Waals surface area contributed by atoms with Gasteiger partial charge in [0.1, 0.15) is 0 Å². The van der Waals surface area contributed by atoms with Gasteiger partial charge in [0, 0.05) is 25.0 Å². The Kier molecular flexibility index (Phi) is 3.15. The van der Waals surface area contributed by atoms with E-state index in [2.05, 4.69) is 4.98 Å². The lowest BCUT2D eigenvalue weighted by atomic mass is 10.1. The van der Waals surface area contributed by atoms with Gasteiger partial charge in [0.25, 0.3) is 10.0 Å². The van der Waals surface area contributed by atoms with Crippen molar-refractivity contribution in [3.63, 3.8) is 0 Å². The Morgan fingerprint density at radius 1 is 1.47 bits per heavy atom. The molecule has 2 heterocycles. The highest BCUT2D eigenvalue weighted by atomic mass is 32.2. The van der Waals surface area contributed by atoms with Crippen molar-refractivity contribution in [2.24, 2.45) is 5.41 Å². The summed E-state index contributed by atoms with van der Waals surface area (Å²) in [5.41, 5.74) is 0.0701. The molecule has 1 aromatic rings. The number of sulfonamides is 1. The van der Waals surface area contributed by atoms with Crippen molar-refractivity contribution >= 4 is 10.0 Å². The van der Waals surface area contributed by atoms with Gasteiger partial charge in [-0.1, -0.05) is 0 Å². The van der Waals surface area contributed by atoms with E-state index in [-0.39, 0.29) is 10.4 Å². The van der Waals surface area contributed by atoms with Gasteiger partial charge in [0.05, 0.1) is 25.7 Å². The molecule has 1 saturated carbocycles. The molecule has 0 bridgehead atoms. The minimum absolute atomic E-state index is 0.0701. The summed E-state index contributed by atoms with van der Waals surface area (Å²) in [6.45, 7) is 4.68. The average Bonchev–Trinajstić information content (AvgIpc) is 3.05. The summed E-state index contributed by atoms with van der Waals surface area (Å²) >= 11 is 0. The maximum absolute atomic E-state index is 12.7. The molecule has 1 aliphatic heterocycles. The van der Waals surface area contributed by atoms with E-state index in [1.807, 2.05) is 6.92 Å². The Labute approximate surface area is 113 Å². The first-order valence-electron chi connectivity index (χ1n) is 6.65. The smallest absolute Gasteiger partial charge is 0.260 e. The van der Waals surface area contributed by atoms with Crippen molar-refractivity contribution in [2.75, 3.05) is 26.3 Å². The topological polar surface area (TPSA) is 64.4 Å². The molecule has 1 saturated heterocycles. The zero-order valence-electron chi connectivity index (χ0n) is 11.1. The number of imidazole rings is 1. The van der Waals surface area contributed by atoms with Gasteiger partial charge >= 0.3 is 0 Å². The first-order valence-corrected chi connectivity index (χ1v) is 8.09. The largest absolute Gasteiger partial charge is 0.379 e. The van der Waals surface area contributed by atoms with Crippen molar-refractivity contribution in [3.8, 4) is 0 Å². The maximum Gasteiger partial charge on any atom is 0.260 e. The van der Waals surface area contributed by atoms with E-state index in [1.165, 1.54) is 6.20 Å². The molecular formula is C12H19N3O3S. The highest BCUT2D eigenvalue weighted by Gasteiger charge is 2.48. The first-order chi connectivity index (χ1) is 9.07. The van der Waals surface area contributed by atoms with Gasteiger partial charge in [-0.3, -0.25) is 0 Å². The van der Waals surface area contributed by atoms with Crippen LogP contribution in [0.2, 0.25) is 0 Å². The van der Waals surface area contributed by atoms with Crippen LogP contribution in [0.25, 0.3) is 0 Å². The zero-order valence-corrected chi connectivity index (χ0v) is 11.9. The second-order valence-corrected chi connectivity index (χ2v) is 7.29. The summed E-state index contributed by atoms with van der Waals surface area (Å²) in [7, 11) is -3.46. The lowest BCUT2D eigenvalue weighted by Crippen LogP contribution is -2.37. The van der Waals surface area contributed by atoms with Crippen molar-refractivity contribution in [2.45, 2.75) is 31.3 Å². The van der Waals surface area contributed by atoms with Gasteiger partial charge in [-0.25, -0.2) is 13.4 Å². The van der Waals surface area contributed by atoms with Crippen LogP contribution in [0.1, 0.15) is 19.8 Å². The molecular weight excluding hydrogens is 266 g/mol. The van der Waals surface area contributed by atoms with E-state index in [9.17, 15) is 8.42 Å². The van der Waals surface area contributed by atoms with Gasteiger partial charge in [-0.05, 0) is 19.8 Å². The number of ether oxygens (including phenoxy) is 1. The van der Waals surface area contributed by atoms with E-state index < -0.39 is 10.0 Å². The lowest BCUT2D eigenvalue weighted by molar-refractivity contribution is 0.115. The van der Waals surface area contributed by atoms with Crippen molar-refractivity contribution < 1.29 is 13.2 Å². The number of aryl methyl sites for hydroxylation is 1. The fourth-order valence-electron chi connectivity index (χ4n) is 2.53. The van der Waals surface area contributed by atoms with E-state index in [0.29, 0.717) is 32.8 Å². The predicted octanol–water partition coefficient (Wildman–Crippen LogP) is 0.704.